The van der Waals surface area contributed by atoms with Crippen LogP contribution in [0.4, 0.5) is 0 Å². The summed E-state index contributed by atoms with van der Waals surface area (Å²) in [6, 6.07) is 1.57. The highest BCUT2D eigenvalue weighted by atomic mass is 16.5. The van der Waals surface area contributed by atoms with Crippen molar-refractivity contribution in [1.29, 1.82) is 0 Å². The first-order chi connectivity index (χ1) is 6.75. The van der Waals surface area contributed by atoms with Gasteiger partial charge in [-0.2, -0.15) is 0 Å². The quantitative estimate of drug-likeness (QED) is 0.763. The predicted molar refractivity (Wildman–Crippen MR) is 47.7 cm³/mol. The summed E-state index contributed by atoms with van der Waals surface area (Å²) < 4.78 is 10.2. The molecule has 1 atom stereocenters. The van der Waals surface area contributed by atoms with Gasteiger partial charge in [0.1, 0.15) is 0 Å². The molecule has 0 aliphatic carbocycles. The Hall–Kier alpha value is -1.36. The van der Waals surface area contributed by atoms with Gasteiger partial charge in [0.15, 0.2) is 0 Å². The predicted octanol–water partition coefficient (Wildman–Crippen LogP) is 0.495. The largest absolute Gasteiger partial charge is 0.378 e. The molecule has 5 nitrogen and oxygen atoms in total. The summed E-state index contributed by atoms with van der Waals surface area (Å²) in [6.45, 7) is 0.811. The van der Waals surface area contributed by atoms with Gasteiger partial charge in [-0.3, -0.25) is 4.79 Å². The Morgan fingerprint density at radius 2 is 2.57 bits per heavy atom. The van der Waals surface area contributed by atoms with Gasteiger partial charge in [0.05, 0.1) is 11.8 Å². The lowest BCUT2D eigenvalue weighted by Gasteiger charge is -2.04. The van der Waals surface area contributed by atoms with Gasteiger partial charge in [0.2, 0.25) is 5.76 Å². The first-order valence-electron chi connectivity index (χ1n) is 4.62. The molecule has 2 heterocycles. The van der Waals surface area contributed by atoms with Crippen molar-refractivity contribution in [3.05, 3.63) is 17.5 Å². The molecule has 1 aromatic heterocycles. The molecule has 1 unspecified atom stereocenters. The molecule has 1 fully saturated rings. The molecule has 0 spiro atoms. The number of carbonyl (C=O) groups is 1. The van der Waals surface area contributed by atoms with E-state index in [4.69, 9.17) is 15.0 Å². The second kappa shape index (κ2) is 3.79. The van der Waals surface area contributed by atoms with Crippen molar-refractivity contribution in [1.82, 2.24) is 5.16 Å². The molecule has 2 N–H and O–H groups in total. The summed E-state index contributed by atoms with van der Waals surface area (Å²) in [5, 5.41) is 3.75. The van der Waals surface area contributed by atoms with E-state index in [0.29, 0.717) is 6.42 Å². The first kappa shape index (κ1) is 9.21. The Bertz CT molecular complexity index is 329. The van der Waals surface area contributed by atoms with E-state index in [0.717, 1.165) is 25.1 Å². The Labute approximate surface area is 81.2 Å². The molecular weight excluding hydrogens is 184 g/mol. The maximum absolute atomic E-state index is 10.7. The summed E-state index contributed by atoms with van der Waals surface area (Å²) in [7, 11) is 0. The molecule has 0 bridgehead atoms. The van der Waals surface area contributed by atoms with Crippen LogP contribution in [0, 0.1) is 0 Å². The van der Waals surface area contributed by atoms with Crippen molar-refractivity contribution in [3.63, 3.8) is 0 Å². The van der Waals surface area contributed by atoms with Crippen LogP contribution in [0.25, 0.3) is 0 Å². The zero-order valence-corrected chi connectivity index (χ0v) is 7.73. The number of nitrogens with two attached hydrogens (primary N) is 1. The van der Waals surface area contributed by atoms with E-state index in [2.05, 4.69) is 5.16 Å². The summed E-state index contributed by atoms with van der Waals surface area (Å²) in [6.07, 6.45) is 3.03. The Morgan fingerprint density at radius 3 is 3.14 bits per heavy atom. The number of carbonyl (C=O) groups excluding carboxylic acids is 1. The minimum Gasteiger partial charge on any atom is -0.378 e. The second-order valence-electron chi connectivity index (χ2n) is 3.39. The summed E-state index contributed by atoms with van der Waals surface area (Å²) >= 11 is 0. The topological polar surface area (TPSA) is 78.4 Å². The van der Waals surface area contributed by atoms with Gasteiger partial charge < -0.3 is 15.0 Å². The van der Waals surface area contributed by atoms with Crippen molar-refractivity contribution in [2.45, 2.75) is 25.4 Å². The van der Waals surface area contributed by atoms with E-state index in [1.807, 2.05) is 0 Å². The number of amides is 1. The molecule has 0 aromatic carbocycles. The van der Waals surface area contributed by atoms with Crippen LogP contribution in [-0.2, 0) is 11.2 Å². The Morgan fingerprint density at radius 1 is 1.71 bits per heavy atom. The fourth-order valence-corrected chi connectivity index (χ4v) is 1.56. The van der Waals surface area contributed by atoms with Gasteiger partial charge in [-0.05, 0) is 12.8 Å². The van der Waals surface area contributed by atoms with E-state index in [-0.39, 0.29) is 11.9 Å². The van der Waals surface area contributed by atoms with Gasteiger partial charge in [0, 0.05) is 19.1 Å². The van der Waals surface area contributed by atoms with Crippen LogP contribution in [0.1, 0.15) is 29.1 Å². The molecule has 5 heteroatoms. The van der Waals surface area contributed by atoms with Crippen molar-refractivity contribution < 1.29 is 14.1 Å². The van der Waals surface area contributed by atoms with Crippen LogP contribution in [0.2, 0.25) is 0 Å². The zero-order valence-electron chi connectivity index (χ0n) is 7.73. The van der Waals surface area contributed by atoms with Gasteiger partial charge in [-0.15, -0.1) is 0 Å². The van der Waals surface area contributed by atoms with Crippen LogP contribution in [0.3, 0.4) is 0 Å². The third-order valence-electron chi connectivity index (χ3n) is 2.26. The highest BCUT2D eigenvalue weighted by Crippen LogP contribution is 2.16. The SMILES string of the molecule is NC(=O)c1cc(CC2CCCO2)no1. The van der Waals surface area contributed by atoms with E-state index in [1.54, 1.807) is 6.07 Å². The maximum Gasteiger partial charge on any atom is 0.287 e. The molecule has 1 aromatic rings. The molecule has 1 aliphatic rings. The van der Waals surface area contributed by atoms with Gasteiger partial charge in [-0.1, -0.05) is 5.16 Å². The molecule has 76 valence electrons. The molecule has 0 saturated carbocycles. The molecule has 0 radical (unpaired) electrons. The molecular formula is C9H12N2O3. The van der Waals surface area contributed by atoms with E-state index >= 15 is 0 Å². The lowest BCUT2D eigenvalue weighted by atomic mass is 10.1. The van der Waals surface area contributed by atoms with Gasteiger partial charge >= 0.3 is 0 Å². The molecule has 2 rings (SSSR count). The second-order valence-corrected chi connectivity index (χ2v) is 3.39. The van der Waals surface area contributed by atoms with E-state index in [9.17, 15) is 4.79 Å². The number of aromatic nitrogens is 1. The molecule has 1 saturated heterocycles. The van der Waals surface area contributed by atoms with Crippen molar-refractivity contribution in [2.24, 2.45) is 5.73 Å². The Balaban J connectivity index is 1.98. The monoisotopic (exact) mass is 196 g/mol. The fraction of sp³-hybridized carbons (Fsp3) is 0.556. The van der Waals surface area contributed by atoms with E-state index in [1.165, 1.54) is 0 Å². The average Bonchev–Trinajstić information content (AvgIpc) is 2.75. The van der Waals surface area contributed by atoms with Crippen LogP contribution >= 0.6 is 0 Å². The third-order valence-corrected chi connectivity index (χ3v) is 2.26. The lowest BCUT2D eigenvalue weighted by molar-refractivity contribution is 0.0964. The smallest absolute Gasteiger partial charge is 0.287 e. The number of nitrogens with zero attached hydrogens (tertiary/aromatic N) is 1. The minimum atomic E-state index is -0.587. The number of hydrogen-bond donors (Lipinski definition) is 1. The highest BCUT2D eigenvalue weighted by molar-refractivity contribution is 5.89. The van der Waals surface area contributed by atoms with Crippen LogP contribution < -0.4 is 5.73 Å². The fourth-order valence-electron chi connectivity index (χ4n) is 1.56. The van der Waals surface area contributed by atoms with Crippen molar-refractivity contribution >= 4 is 5.91 Å². The number of rotatable bonds is 3. The Kier molecular flexibility index (Phi) is 2.49. The minimum absolute atomic E-state index is 0.109. The highest BCUT2D eigenvalue weighted by Gasteiger charge is 2.18. The zero-order chi connectivity index (χ0) is 9.97. The third kappa shape index (κ3) is 1.93. The van der Waals surface area contributed by atoms with Gasteiger partial charge in [0.25, 0.3) is 5.91 Å². The van der Waals surface area contributed by atoms with Crippen LogP contribution in [0.15, 0.2) is 10.6 Å². The maximum atomic E-state index is 10.7. The summed E-state index contributed by atoms with van der Waals surface area (Å²) in [5.41, 5.74) is 5.76. The van der Waals surface area contributed by atoms with Crippen molar-refractivity contribution in [3.8, 4) is 0 Å². The molecule has 14 heavy (non-hydrogen) atoms. The number of primary amides is 1. The lowest BCUT2D eigenvalue weighted by Crippen LogP contribution is -2.10. The van der Waals surface area contributed by atoms with Crippen LogP contribution in [0.5, 0.6) is 0 Å². The average molecular weight is 196 g/mol. The molecule has 1 aliphatic heterocycles. The van der Waals surface area contributed by atoms with Crippen LogP contribution in [-0.4, -0.2) is 23.8 Å². The normalized spacial score (nSPS) is 21.3. The van der Waals surface area contributed by atoms with Crippen molar-refractivity contribution in [2.75, 3.05) is 6.61 Å². The number of hydrogen-bond acceptors (Lipinski definition) is 4. The van der Waals surface area contributed by atoms with E-state index < -0.39 is 5.91 Å². The standard InChI is InChI=1S/C9H12N2O3/c10-9(12)8-5-6(11-14-8)4-7-2-1-3-13-7/h5,7H,1-4H2,(H2,10,12). The number of ether oxygens (including phenoxy) is 1. The van der Waals surface area contributed by atoms with Gasteiger partial charge in [-0.25, -0.2) is 0 Å². The summed E-state index contributed by atoms with van der Waals surface area (Å²) in [4.78, 5) is 10.7. The molecule has 1 amide bonds. The first-order valence-corrected chi connectivity index (χ1v) is 4.62. The summed E-state index contributed by atoms with van der Waals surface area (Å²) in [5.74, 6) is -0.478.